The van der Waals surface area contributed by atoms with E-state index in [4.69, 9.17) is 27.0 Å². The Morgan fingerprint density at radius 1 is 1.50 bits per heavy atom. The lowest BCUT2D eigenvalue weighted by Crippen LogP contribution is -1.93. The van der Waals surface area contributed by atoms with Crippen molar-refractivity contribution in [2.24, 2.45) is 5.73 Å². The van der Waals surface area contributed by atoms with Crippen LogP contribution in [-0.4, -0.2) is 0 Å². The molecular weight excluding hydrogens is 200 g/mol. The van der Waals surface area contributed by atoms with Crippen molar-refractivity contribution in [1.29, 1.82) is 5.26 Å². The number of benzene rings is 1. The molecule has 1 aromatic heterocycles. The number of rotatable bonds is 1. The van der Waals surface area contributed by atoms with Crippen LogP contribution in [0.5, 0.6) is 0 Å². The van der Waals surface area contributed by atoms with Crippen molar-refractivity contribution in [1.82, 2.24) is 0 Å². The zero-order valence-corrected chi connectivity index (χ0v) is 8.01. The van der Waals surface area contributed by atoms with Crippen molar-refractivity contribution in [2.75, 3.05) is 0 Å². The van der Waals surface area contributed by atoms with Crippen LogP contribution in [-0.2, 0) is 6.54 Å². The van der Waals surface area contributed by atoms with Crippen molar-refractivity contribution >= 4 is 22.6 Å². The monoisotopic (exact) mass is 206 g/mol. The summed E-state index contributed by atoms with van der Waals surface area (Å²) in [6, 6.07) is 7.14. The van der Waals surface area contributed by atoms with Gasteiger partial charge in [0, 0.05) is 5.39 Å². The lowest BCUT2D eigenvalue weighted by molar-refractivity contribution is 0.552. The average molecular weight is 207 g/mol. The molecule has 0 amide bonds. The maximum absolute atomic E-state index is 8.70. The molecule has 0 unspecified atom stereocenters. The molecule has 3 nitrogen and oxygen atoms in total. The Balaban J connectivity index is 2.75. The second-order valence-electron chi connectivity index (χ2n) is 2.87. The van der Waals surface area contributed by atoms with Crippen molar-refractivity contribution < 1.29 is 4.42 Å². The van der Waals surface area contributed by atoms with Gasteiger partial charge in [0.2, 0.25) is 0 Å². The van der Waals surface area contributed by atoms with Crippen LogP contribution in [0.25, 0.3) is 11.0 Å². The summed E-state index contributed by atoms with van der Waals surface area (Å²) in [6.07, 6.45) is 0. The molecule has 2 rings (SSSR count). The normalized spacial score (nSPS) is 10.4. The van der Waals surface area contributed by atoms with Gasteiger partial charge in [-0.1, -0.05) is 11.6 Å². The molecule has 0 saturated carbocycles. The molecule has 0 saturated heterocycles. The molecular formula is C10H7ClN2O. The molecule has 0 spiro atoms. The summed E-state index contributed by atoms with van der Waals surface area (Å²) in [6.45, 7) is 0.259. The van der Waals surface area contributed by atoms with E-state index in [-0.39, 0.29) is 6.54 Å². The second-order valence-corrected chi connectivity index (χ2v) is 3.24. The third kappa shape index (κ3) is 1.25. The Bertz CT molecular complexity index is 525. The highest BCUT2D eigenvalue weighted by molar-refractivity contribution is 6.36. The first kappa shape index (κ1) is 9.07. The molecule has 0 aliphatic heterocycles. The van der Waals surface area contributed by atoms with E-state index >= 15 is 0 Å². The fraction of sp³-hybridized carbons (Fsp3) is 0.100. The fourth-order valence-corrected chi connectivity index (χ4v) is 1.58. The summed E-state index contributed by atoms with van der Waals surface area (Å²) in [5, 5.41) is 9.95. The van der Waals surface area contributed by atoms with Crippen LogP contribution in [0, 0.1) is 11.3 Å². The first-order chi connectivity index (χ1) is 6.76. The summed E-state index contributed by atoms with van der Waals surface area (Å²) in [5.74, 6) is 0.553. The van der Waals surface area contributed by atoms with Gasteiger partial charge >= 0.3 is 0 Å². The Hall–Kier alpha value is -1.50. The number of hydrogen-bond donors (Lipinski definition) is 1. The van der Waals surface area contributed by atoms with Crippen LogP contribution < -0.4 is 5.73 Å². The molecule has 2 aromatic rings. The van der Waals surface area contributed by atoms with Gasteiger partial charge in [0.25, 0.3) is 0 Å². The minimum atomic E-state index is 0.259. The Morgan fingerprint density at radius 2 is 2.29 bits per heavy atom. The van der Waals surface area contributed by atoms with E-state index < -0.39 is 0 Å². The summed E-state index contributed by atoms with van der Waals surface area (Å²) in [7, 11) is 0. The lowest BCUT2D eigenvalue weighted by atomic mass is 10.2. The highest BCUT2D eigenvalue weighted by Crippen LogP contribution is 2.30. The predicted octanol–water partition coefficient (Wildman–Crippen LogP) is 2.42. The van der Waals surface area contributed by atoms with Crippen molar-refractivity contribution in [2.45, 2.75) is 6.54 Å². The molecule has 1 aromatic carbocycles. The SMILES string of the molecule is N#Cc1ccc2oc(CN)c(Cl)c2c1. The number of nitrogens with two attached hydrogens (primary N) is 1. The van der Waals surface area contributed by atoms with Gasteiger partial charge in [-0.2, -0.15) is 5.26 Å². The third-order valence-electron chi connectivity index (χ3n) is 2.01. The standard InChI is InChI=1S/C10H7ClN2O/c11-10-7-3-6(4-12)1-2-8(7)14-9(10)5-13/h1-3H,5,13H2. The van der Waals surface area contributed by atoms with Crippen LogP contribution in [0.4, 0.5) is 0 Å². The highest BCUT2D eigenvalue weighted by atomic mass is 35.5. The first-order valence-electron chi connectivity index (χ1n) is 4.07. The maximum Gasteiger partial charge on any atom is 0.137 e. The second kappa shape index (κ2) is 3.33. The molecule has 0 atom stereocenters. The lowest BCUT2D eigenvalue weighted by Gasteiger charge is -1.88. The summed E-state index contributed by atoms with van der Waals surface area (Å²) >= 11 is 6.00. The van der Waals surface area contributed by atoms with Crippen LogP contribution in [0.15, 0.2) is 22.6 Å². The molecule has 4 heteroatoms. The minimum Gasteiger partial charge on any atom is -0.458 e. The topological polar surface area (TPSA) is 63.0 Å². The molecule has 0 fully saturated rings. The van der Waals surface area contributed by atoms with Crippen LogP contribution >= 0.6 is 11.6 Å². The quantitative estimate of drug-likeness (QED) is 0.780. The van der Waals surface area contributed by atoms with Gasteiger partial charge in [-0.3, -0.25) is 0 Å². The zero-order valence-electron chi connectivity index (χ0n) is 7.25. The Labute approximate surface area is 85.7 Å². The van der Waals surface area contributed by atoms with Gasteiger partial charge in [-0.25, -0.2) is 0 Å². The van der Waals surface area contributed by atoms with E-state index in [1.165, 1.54) is 0 Å². The number of nitriles is 1. The van der Waals surface area contributed by atoms with Crippen molar-refractivity contribution in [3.8, 4) is 6.07 Å². The molecule has 1 heterocycles. The molecule has 0 radical (unpaired) electrons. The van der Waals surface area contributed by atoms with E-state index in [0.717, 1.165) is 5.39 Å². The van der Waals surface area contributed by atoms with E-state index in [1.807, 2.05) is 6.07 Å². The van der Waals surface area contributed by atoms with Gasteiger partial charge in [-0.05, 0) is 18.2 Å². The summed E-state index contributed by atoms with van der Waals surface area (Å²) < 4.78 is 5.38. The Kier molecular flexibility index (Phi) is 2.16. The molecule has 0 bridgehead atoms. The molecule has 70 valence electrons. The summed E-state index contributed by atoms with van der Waals surface area (Å²) in [4.78, 5) is 0. The van der Waals surface area contributed by atoms with E-state index in [9.17, 15) is 0 Å². The van der Waals surface area contributed by atoms with Gasteiger partial charge in [0.15, 0.2) is 0 Å². The number of halogens is 1. The number of furan rings is 1. The number of hydrogen-bond acceptors (Lipinski definition) is 3. The minimum absolute atomic E-state index is 0.259. The largest absolute Gasteiger partial charge is 0.458 e. The average Bonchev–Trinajstić information content (AvgIpc) is 2.55. The molecule has 2 N–H and O–H groups in total. The van der Waals surface area contributed by atoms with Crippen LogP contribution in [0.3, 0.4) is 0 Å². The molecule has 0 aliphatic carbocycles. The van der Waals surface area contributed by atoms with Crippen LogP contribution in [0.2, 0.25) is 5.02 Å². The van der Waals surface area contributed by atoms with Crippen molar-refractivity contribution in [3.63, 3.8) is 0 Å². The predicted molar refractivity (Wildman–Crippen MR) is 53.8 cm³/mol. The Morgan fingerprint density at radius 3 is 2.93 bits per heavy atom. The first-order valence-corrected chi connectivity index (χ1v) is 4.45. The van der Waals surface area contributed by atoms with E-state index in [1.54, 1.807) is 18.2 Å². The number of nitrogens with zero attached hydrogens (tertiary/aromatic N) is 1. The van der Waals surface area contributed by atoms with Crippen LogP contribution in [0.1, 0.15) is 11.3 Å². The van der Waals surface area contributed by atoms with Gasteiger partial charge < -0.3 is 10.2 Å². The van der Waals surface area contributed by atoms with Gasteiger partial charge in [0.1, 0.15) is 11.3 Å². The van der Waals surface area contributed by atoms with Crippen molar-refractivity contribution in [3.05, 3.63) is 34.5 Å². The maximum atomic E-state index is 8.70. The van der Waals surface area contributed by atoms with E-state index in [0.29, 0.717) is 21.9 Å². The smallest absolute Gasteiger partial charge is 0.137 e. The zero-order chi connectivity index (χ0) is 10.1. The van der Waals surface area contributed by atoms with E-state index in [2.05, 4.69) is 0 Å². The summed E-state index contributed by atoms with van der Waals surface area (Å²) in [5.41, 5.74) is 6.66. The number of fused-ring (bicyclic) bond motifs is 1. The fourth-order valence-electron chi connectivity index (χ4n) is 1.32. The third-order valence-corrected chi connectivity index (χ3v) is 2.42. The molecule has 14 heavy (non-hydrogen) atoms. The van der Waals surface area contributed by atoms with Gasteiger partial charge in [0.05, 0.1) is 23.2 Å². The molecule has 0 aliphatic rings. The highest BCUT2D eigenvalue weighted by Gasteiger charge is 2.10. The van der Waals surface area contributed by atoms with Gasteiger partial charge in [-0.15, -0.1) is 0 Å².